The van der Waals surface area contributed by atoms with E-state index in [1.165, 1.54) is 10.9 Å². The molecule has 0 unspecified atom stereocenters. The Morgan fingerprint density at radius 2 is 2.24 bits per heavy atom. The van der Waals surface area contributed by atoms with Crippen molar-refractivity contribution in [2.75, 3.05) is 32.2 Å². The van der Waals surface area contributed by atoms with Gasteiger partial charge in [-0.2, -0.15) is 4.98 Å². The molecular weight excluding hydrogens is 384 g/mol. The monoisotopic (exact) mass is 410 g/mol. The number of nitrogens with two attached hydrogens (primary N) is 1. The molecule has 0 saturated carbocycles. The summed E-state index contributed by atoms with van der Waals surface area (Å²) in [4.78, 5) is 35.3. The Balaban J connectivity index is 1.97. The van der Waals surface area contributed by atoms with Gasteiger partial charge in [-0.1, -0.05) is 13.8 Å². The number of hydrogen-bond donors (Lipinski definition) is 4. The Morgan fingerprint density at radius 1 is 1.48 bits per heavy atom. The lowest BCUT2D eigenvalue weighted by molar-refractivity contribution is -0.118. The van der Waals surface area contributed by atoms with Crippen molar-refractivity contribution in [1.29, 1.82) is 0 Å². The molecule has 12 heteroatoms. The predicted octanol–water partition coefficient (Wildman–Crippen LogP) is -1.04. The molecule has 2 aromatic heterocycles. The molecule has 1 saturated heterocycles. The third-order valence-corrected chi connectivity index (χ3v) is 4.65. The van der Waals surface area contributed by atoms with Gasteiger partial charge < -0.3 is 25.1 Å². The molecule has 1 fully saturated rings. The summed E-state index contributed by atoms with van der Waals surface area (Å²) in [7, 11) is 1.55. The average molecular weight is 410 g/mol. The number of aliphatic hydroxyl groups excluding tert-OH is 1. The van der Waals surface area contributed by atoms with Crippen molar-refractivity contribution in [2.45, 2.75) is 38.3 Å². The second-order valence-electron chi connectivity index (χ2n) is 7.04. The van der Waals surface area contributed by atoms with Crippen LogP contribution in [0.25, 0.3) is 11.2 Å². The fourth-order valence-electron chi connectivity index (χ4n) is 3.03. The Bertz CT molecular complexity index is 911. The topological polar surface area (TPSA) is 167 Å². The van der Waals surface area contributed by atoms with Crippen LogP contribution in [-0.4, -0.2) is 75.7 Å². The molecule has 0 aliphatic carbocycles. The zero-order chi connectivity index (χ0) is 21.1. The molecule has 5 N–H and O–H groups in total. The molecule has 0 aromatic carbocycles. The number of carbonyl (C=O) groups excluding carboxylic acids is 1. The molecular formula is C17H26N6O6. The van der Waals surface area contributed by atoms with Crippen LogP contribution in [0.3, 0.4) is 0 Å². The van der Waals surface area contributed by atoms with E-state index in [-0.39, 0.29) is 42.2 Å². The number of aromatic amines is 1. The highest BCUT2D eigenvalue weighted by Crippen LogP contribution is 2.32. The average Bonchev–Trinajstić information content (AvgIpc) is 3.23. The lowest BCUT2D eigenvalue weighted by Gasteiger charge is -2.22. The van der Waals surface area contributed by atoms with Gasteiger partial charge in [0.1, 0.15) is 12.2 Å². The third-order valence-electron chi connectivity index (χ3n) is 4.65. The van der Waals surface area contributed by atoms with Gasteiger partial charge in [-0.25, -0.2) is 4.98 Å². The summed E-state index contributed by atoms with van der Waals surface area (Å²) in [6.07, 6.45) is -0.668. The third kappa shape index (κ3) is 4.31. The SMILES string of the molecule is COCCO[C@@H]1[C@H](N)[C@@H](CO)O[C@H]1n1cnc2c(=O)[nH]c(NC(=O)C(C)C)nc21. The Hall–Kier alpha value is -2.38. The van der Waals surface area contributed by atoms with Crippen molar-refractivity contribution >= 4 is 23.0 Å². The number of methoxy groups -OCH3 is 1. The van der Waals surface area contributed by atoms with Crippen LogP contribution < -0.4 is 16.6 Å². The number of nitrogens with one attached hydrogen (secondary N) is 2. The van der Waals surface area contributed by atoms with Gasteiger partial charge in [-0.15, -0.1) is 0 Å². The first-order chi connectivity index (χ1) is 13.9. The number of imidazole rings is 1. The zero-order valence-electron chi connectivity index (χ0n) is 16.5. The van der Waals surface area contributed by atoms with Gasteiger partial charge in [0, 0.05) is 13.0 Å². The Labute approximate surface area is 166 Å². The maximum Gasteiger partial charge on any atom is 0.280 e. The second kappa shape index (κ2) is 8.97. The minimum atomic E-state index is -0.771. The highest BCUT2D eigenvalue weighted by Gasteiger charge is 2.44. The number of ether oxygens (including phenoxy) is 3. The molecule has 0 radical (unpaired) electrons. The largest absolute Gasteiger partial charge is 0.394 e. The standard InChI is InChI=1S/C17H26N6O6/c1-8(2)14(25)21-17-20-13-11(15(26)22-17)19-7-23(13)16-12(28-5-4-27-3)10(18)9(6-24)29-16/h7-10,12,16,24H,4-6,18H2,1-3H3,(H2,20,21,22,25,26)/t9-,10-,12-,16-/m1/s1. The number of H-pyrrole nitrogens is 1. The molecule has 0 bridgehead atoms. The van der Waals surface area contributed by atoms with Crippen LogP contribution in [0.2, 0.25) is 0 Å². The fraction of sp³-hybridized carbons (Fsp3) is 0.647. The first-order valence-electron chi connectivity index (χ1n) is 9.27. The molecule has 1 aliphatic rings. The van der Waals surface area contributed by atoms with Gasteiger partial charge in [0.15, 0.2) is 17.4 Å². The number of amides is 1. The van der Waals surface area contributed by atoms with E-state index >= 15 is 0 Å². The van der Waals surface area contributed by atoms with Crippen molar-refractivity contribution in [3.63, 3.8) is 0 Å². The van der Waals surface area contributed by atoms with Crippen molar-refractivity contribution in [1.82, 2.24) is 19.5 Å². The highest BCUT2D eigenvalue weighted by atomic mass is 16.6. The van der Waals surface area contributed by atoms with E-state index in [4.69, 9.17) is 19.9 Å². The number of carbonyl (C=O) groups is 1. The summed E-state index contributed by atoms with van der Waals surface area (Å²) in [5.41, 5.74) is 5.95. The first kappa shape index (κ1) is 21.3. The normalized spacial score (nSPS) is 24.5. The lowest BCUT2D eigenvalue weighted by Crippen LogP contribution is -2.43. The van der Waals surface area contributed by atoms with Crippen LogP contribution in [0.1, 0.15) is 20.1 Å². The summed E-state index contributed by atoms with van der Waals surface area (Å²) in [6, 6.07) is -0.610. The van der Waals surface area contributed by atoms with Crippen LogP contribution in [-0.2, 0) is 19.0 Å². The number of nitrogens with zero attached hydrogens (tertiary/aromatic N) is 3. The van der Waals surface area contributed by atoms with Crippen LogP contribution in [0, 0.1) is 5.92 Å². The number of rotatable bonds is 8. The number of hydrogen-bond acceptors (Lipinski definition) is 9. The molecule has 3 heterocycles. The molecule has 2 aromatic rings. The maximum absolute atomic E-state index is 12.4. The molecule has 1 amide bonds. The van der Waals surface area contributed by atoms with Gasteiger partial charge in [-0.3, -0.25) is 24.5 Å². The van der Waals surface area contributed by atoms with Gasteiger partial charge in [-0.05, 0) is 0 Å². The molecule has 3 rings (SSSR count). The minimum absolute atomic E-state index is 0.000745. The van der Waals surface area contributed by atoms with Crippen LogP contribution in [0.4, 0.5) is 5.95 Å². The quantitative estimate of drug-likeness (QED) is 0.398. The molecule has 29 heavy (non-hydrogen) atoms. The smallest absolute Gasteiger partial charge is 0.280 e. The summed E-state index contributed by atoms with van der Waals surface area (Å²) in [6.45, 7) is 3.77. The molecule has 160 valence electrons. The van der Waals surface area contributed by atoms with Gasteiger partial charge in [0.25, 0.3) is 5.56 Å². The minimum Gasteiger partial charge on any atom is -0.394 e. The summed E-state index contributed by atoms with van der Waals surface area (Å²) < 4.78 is 18.2. The molecule has 12 nitrogen and oxygen atoms in total. The number of anilines is 1. The number of fused-ring (bicyclic) bond motifs is 1. The van der Waals surface area contributed by atoms with E-state index in [2.05, 4.69) is 20.3 Å². The zero-order valence-corrected chi connectivity index (χ0v) is 16.5. The van der Waals surface area contributed by atoms with Crippen LogP contribution in [0.15, 0.2) is 11.1 Å². The summed E-state index contributed by atoms with van der Waals surface area (Å²) in [5.74, 6) is -0.583. The fourth-order valence-corrected chi connectivity index (χ4v) is 3.03. The van der Waals surface area contributed by atoms with Gasteiger partial charge in [0.05, 0.1) is 32.2 Å². The Morgan fingerprint density at radius 3 is 2.90 bits per heavy atom. The van der Waals surface area contributed by atoms with E-state index in [0.717, 1.165) is 0 Å². The van der Waals surface area contributed by atoms with E-state index < -0.39 is 30.0 Å². The van der Waals surface area contributed by atoms with Crippen molar-refractivity contribution in [3.8, 4) is 0 Å². The van der Waals surface area contributed by atoms with Crippen LogP contribution in [0.5, 0.6) is 0 Å². The molecule has 4 atom stereocenters. The highest BCUT2D eigenvalue weighted by molar-refractivity contribution is 5.91. The van der Waals surface area contributed by atoms with E-state index in [1.807, 2.05) is 0 Å². The first-order valence-corrected chi connectivity index (χ1v) is 9.27. The summed E-state index contributed by atoms with van der Waals surface area (Å²) >= 11 is 0. The second-order valence-corrected chi connectivity index (χ2v) is 7.04. The van der Waals surface area contributed by atoms with Gasteiger partial charge >= 0.3 is 0 Å². The van der Waals surface area contributed by atoms with E-state index in [9.17, 15) is 14.7 Å². The van der Waals surface area contributed by atoms with E-state index in [1.54, 1.807) is 21.0 Å². The van der Waals surface area contributed by atoms with Crippen molar-refractivity contribution in [3.05, 3.63) is 16.7 Å². The van der Waals surface area contributed by atoms with Gasteiger partial charge in [0.2, 0.25) is 11.9 Å². The van der Waals surface area contributed by atoms with Crippen molar-refractivity contribution in [2.24, 2.45) is 11.7 Å². The lowest BCUT2D eigenvalue weighted by atomic mass is 10.1. The maximum atomic E-state index is 12.4. The predicted molar refractivity (Wildman–Crippen MR) is 102 cm³/mol. The molecule has 1 aliphatic heterocycles. The number of aliphatic hydroxyl groups is 1. The van der Waals surface area contributed by atoms with Crippen molar-refractivity contribution < 1.29 is 24.1 Å². The molecule has 0 spiro atoms. The summed E-state index contributed by atoms with van der Waals surface area (Å²) in [5, 5.41) is 12.1. The Kier molecular flexibility index (Phi) is 6.59. The van der Waals surface area contributed by atoms with E-state index in [0.29, 0.717) is 6.61 Å². The number of aromatic nitrogens is 4. The van der Waals surface area contributed by atoms with Crippen LogP contribution >= 0.6 is 0 Å².